The number of aliphatic hydroxyl groups is 1. The van der Waals surface area contributed by atoms with E-state index in [1.54, 1.807) is 19.2 Å². The molecule has 2 rings (SSSR count). The number of rotatable bonds is 6. The Labute approximate surface area is 124 Å². The number of methoxy groups -OCH3 is 2. The fourth-order valence-corrected chi connectivity index (χ4v) is 2.25. The van der Waals surface area contributed by atoms with Crippen LogP contribution in [0, 0.1) is 5.82 Å². The van der Waals surface area contributed by atoms with Crippen molar-refractivity contribution in [2.45, 2.75) is 18.9 Å². The third kappa shape index (κ3) is 4.20. The number of hydrogen-bond donors (Lipinski definition) is 1. The second-order valence-electron chi connectivity index (χ2n) is 4.88. The maximum Gasteiger partial charge on any atom is 0.165 e. The van der Waals surface area contributed by atoms with Gasteiger partial charge in [-0.15, -0.1) is 0 Å². The summed E-state index contributed by atoms with van der Waals surface area (Å²) in [5, 5.41) is 10.1. The van der Waals surface area contributed by atoms with Gasteiger partial charge in [-0.05, 0) is 48.2 Å². The summed E-state index contributed by atoms with van der Waals surface area (Å²) in [4.78, 5) is 0. The van der Waals surface area contributed by atoms with Crippen LogP contribution in [0.2, 0.25) is 0 Å². The summed E-state index contributed by atoms with van der Waals surface area (Å²) in [5.74, 6) is 0.555. The minimum absolute atomic E-state index is 0.209. The minimum atomic E-state index is -0.579. The number of ether oxygens (including phenoxy) is 2. The van der Waals surface area contributed by atoms with Crippen LogP contribution in [0.5, 0.6) is 11.5 Å². The van der Waals surface area contributed by atoms with E-state index in [-0.39, 0.29) is 5.75 Å². The highest BCUT2D eigenvalue weighted by atomic mass is 19.1. The van der Waals surface area contributed by atoms with Gasteiger partial charge in [0.1, 0.15) is 5.75 Å². The van der Waals surface area contributed by atoms with Gasteiger partial charge in [-0.25, -0.2) is 4.39 Å². The van der Waals surface area contributed by atoms with E-state index in [0.717, 1.165) is 16.9 Å². The molecule has 1 atom stereocenters. The fraction of sp³-hybridized carbons (Fsp3) is 0.294. The minimum Gasteiger partial charge on any atom is -0.497 e. The van der Waals surface area contributed by atoms with Gasteiger partial charge in [-0.2, -0.15) is 0 Å². The Hall–Kier alpha value is -2.07. The predicted octanol–water partition coefficient (Wildman–Crippen LogP) is 2.99. The Morgan fingerprint density at radius 1 is 1.00 bits per heavy atom. The Morgan fingerprint density at radius 3 is 2.33 bits per heavy atom. The molecule has 3 nitrogen and oxygen atoms in total. The molecule has 0 aromatic heterocycles. The van der Waals surface area contributed by atoms with Gasteiger partial charge in [0.05, 0.1) is 20.3 Å². The first-order valence-electron chi connectivity index (χ1n) is 6.75. The quantitative estimate of drug-likeness (QED) is 0.889. The monoisotopic (exact) mass is 290 g/mol. The van der Waals surface area contributed by atoms with Crippen molar-refractivity contribution in [1.82, 2.24) is 0 Å². The molecule has 0 amide bonds. The molecule has 2 aromatic carbocycles. The van der Waals surface area contributed by atoms with Crippen molar-refractivity contribution in [2.24, 2.45) is 0 Å². The first-order valence-corrected chi connectivity index (χ1v) is 6.75. The molecular formula is C17H19FO3. The molecule has 0 aliphatic carbocycles. The maximum absolute atomic E-state index is 13.6. The standard InChI is InChI=1S/C17H19FO3/c1-20-15-5-3-4-12(10-15)8-14(19)9-13-6-7-17(21-2)16(18)11-13/h3-7,10-11,14,19H,8-9H2,1-2H3. The fourth-order valence-electron chi connectivity index (χ4n) is 2.25. The van der Waals surface area contributed by atoms with Crippen LogP contribution in [0.3, 0.4) is 0 Å². The molecule has 21 heavy (non-hydrogen) atoms. The van der Waals surface area contributed by atoms with E-state index in [2.05, 4.69) is 0 Å². The van der Waals surface area contributed by atoms with E-state index in [9.17, 15) is 9.50 Å². The lowest BCUT2D eigenvalue weighted by Gasteiger charge is -2.12. The van der Waals surface area contributed by atoms with Gasteiger partial charge in [0.25, 0.3) is 0 Å². The molecule has 0 radical (unpaired) electrons. The van der Waals surface area contributed by atoms with E-state index in [1.165, 1.54) is 13.2 Å². The van der Waals surface area contributed by atoms with Crippen molar-refractivity contribution in [3.8, 4) is 11.5 Å². The molecule has 1 N–H and O–H groups in total. The molecule has 2 aromatic rings. The third-order valence-corrected chi connectivity index (χ3v) is 3.29. The van der Waals surface area contributed by atoms with Crippen LogP contribution in [0.4, 0.5) is 4.39 Å². The number of halogens is 1. The zero-order valence-electron chi connectivity index (χ0n) is 12.2. The molecule has 0 fully saturated rings. The zero-order chi connectivity index (χ0) is 15.2. The Balaban J connectivity index is 2.00. The second-order valence-corrected chi connectivity index (χ2v) is 4.88. The molecular weight excluding hydrogens is 271 g/mol. The molecule has 4 heteroatoms. The normalized spacial score (nSPS) is 12.0. The third-order valence-electron chi connectivity index (χ3n) is 3.29. The Kier molecular flexibility index (Phi) is 5.17. The molecule has 0 saturated carbocycles. The van der Waals surface area contributed by atoms with Gasteiger partial charge >= 0.3 is 0 Å². The van der Waals surface area contributed by atoms with Crippen LogP contribution >= 0.6 is 0 Å². The van der Waals surface area contributed by atoms with Crippen molar-refractivity contribution >= 4 is 0 Å². The predicted molar refractivity (Wildman–Crippen MR) is 79.4 cm³/mol. The largest absolute Gasteiger partial charge is 0.497 e. The number of hydrogen-bond acceptors (Lipinski definition) is 3. The van der Waals surface area contributed by atoms with Crippen molar-refractivity contribution in [2.75, 3.05) is 14.2 Å². The molecule has 0 aliphatic rings. The van der Waals surface area contributed by atoms with Gasteiger partial charge in [0.2, 0.25) is 0 Å². The highest BCUT2D eigenvalue weighted by molar-refractivity contribution is 5.31. The van der Waals surface area contributed by atoms with Crippen LogP contribution in [0.15, 0.2) is 42.5 Å². The van der Waals surface area contributed by atoms with Crippen LogP contribution in [-0.2, 0) is 12.8 Å². The van der Waals surface area contributed by atoms with E-state index in [4.69, 9.17) is 9.47 Å². The summed E-state index contributed by atoms with van der Waals surface area (Å²) in [7, 11) is 3.03. The lowest BCUT2D eigenvalue weighted by Crippen LogP contribution is -2.14. The Morgan fingerprint density at radius 2 is 1.71 bits per heavy atom. The van der Waals surface area contributed by atoms with Gasteiger partial charge in [-0.3, -0.25) is 0 Å². The van der Waals surface area contributed by atoms with Gasteiger partial charge in [0, 0.05) is 0 Å². The van der Waals surface area contributed by atoms with Crippen LogP contribution in [0.25, 0.3) is 0 Å². The number of aliphatic hydroxyl groups excluding tert-OH is 1. The molecule has 0 bridgehead atoms. The average molecular weight is 290 g/mol. The van der Waals surface area contributed by atoms with E-state index >= 15 is 0 Å². The molecule has 1 unspecified atom stereocenters. The van der Waals surface area contributed by atoms with E-state index in [0.29, 0.717) is 12.8 Å². The van der Waals surface area contributed by atoms with Gasteiger partial charge in [-0.1, -0.05) is 18.2 Å². The average Bonchev–Trinajstić information content (AvgIpc) is 2.47. The molecule has 0 heterocycles. The summed E-state index contributed by atoms with van der Waals surface area (Å²) >= 11 is 0. The molecule has 0 spiro atoms. The Bertz CT molecular complexity index is 598. The zero-order valence-corrected chi connectivity index (χ0v) is 12.2. The first kappa shape index (κ1) is 15.3. The molecule has 0 saturated heterocycles. The second kappa shape index (κ2) is 7.09. The van der Waals surface area contributed by atoms with Crippen LogP contribution < -0.4 is 9.47 Å². The first-order chi connectivity index (χ1) is 10.1. The lowest BCUT2D eigenvalue weighted by atomic mass is 10.0. The summed E-state index contributed by atoms with van der Waals surface area (Å²) in [5.41, 5.74) is 1.72. The van der Waals surface area contributed by atoms with Crippen LogP contribution in [-0.4, -0.2) is 25.4 Å². The summed E-state index contributed by atoms with van der Waals surface area (Å²) in [6.07, 6.45) is 0.299. The van der Waals surface area contributed by atoms with Crippen molar-refractivity contribution < 1.29 is 19.0 Å². The van der Waals surface area contributed by atoms with Crippen LogP contribution in [0.1, 0.15) is 11.1 Å². The van der Waals surface area contributed by atoms with E-state index in [1.807, 2.05) is 24.3 Å². The molecule has 112 valence electrons. The summed E-state index contributed by atoms with van der Waals surface area (Å²) < 4.78 is 23.6. The number of benzene rings is 2. The van der Waals surface area contributed by atoms with Gasteiger partial charge in [0.15, 0.2) is 11.6 Å². The van der Waals surface area contributed by atoms with Crippen molar-refractivity contribution in [3.63, 3.8) is 0 Å². The SMILES string of the molecule is COc1cccc(CC(O)Cc2ccc(OC)c(F)c2)c1. The van der Waals surface area contributed by atoms with Crippen molar-refractivity contribution in [1.29, 1.82) is 0 Å². The topological polar surface area (TPSA) is 38.7 Å². The van der Waals surface area contributed by atoms with Gasteiger partial charge < -0.3 is 14.6 Å². The molecule has 0 aliphatic heterocycles. The summed E-state index contributed by atoms with van der Waals surface area (Å²) in [6.45, 7) is 0. The highest BCUT2D eigenvalue weighted by Crippen LogP contribution is 2.20. The summed E-state index contributed by atoms with van der Waals surface area (Å²) in [6, 6.07) is 12.3. The maximum atomic E-state index is 13.6. The lowest BCUT2D eigenvalue weighted by molar-refractivity contribution is 0.175. The van der Waals surface area contributed by atoms with E-state index < -0.39 is 11.9 Å². The highest BCUT2D eigenvalue weighted by Gasteiger charge is 2.10. The van der Waals surface area contributed by atoms with Crippen molar-refractivity contribution in [3.05, 3.63) is 59.4 Å². The smallest absolute Gasteiger partial charge is 0.165 e.